The smallest absolute Gasteiger partial charge is 0.284 e. The van der Waals surface area contributed by atoms with Crippen LogP contribution in [0.2, 0.25) is 0 Å². The Labute approximate surface area is 106 Å². The highest BCUT2D eigenvalue weighted by Crippen LogP contribution is 2.12. The molecule has 1 heterocycles. The van der Waals surface area contributed by atoms with Gasteiger partial charge in [-0.3, -0.25) is 4.79 Å². The second kappa shape index (κ2) is 5.49. The highest BCUT2D eigenvalue weighted by atomic mass is 16.5. The van der Waals surface area contributed by atoms with Crippen LogP contribution in [-0.4, -0.2) is 22.3 Å². The van der Waals surface area contributed by atoms with Gasteiger partial charge in [0.1, 0.15) is 5.75 Å². The summed E-state index contributed by atoms with van der Waals surface area (Å²) in [7, 11) is 0. The second-order valence-corrected chi connectivity index (χ2v) is 4.08. The minimum Gasteiger partial charge on any atom is -0.484 e. The van der Waals surface area contributed by atoms with Crippen LogP contribution in [-0.2, 0) is 6.42 Å². The van der Waals surface area contributed by atoms with Crippen molar-refractivity contribution in [1.29, 1.82) is 0 Å². The second-order valence-electron chi connectivity index (χ2n) is 4.08. The number of aryl methyl sites for hydroxylation is 2. The molecule has 0 aliphatic carbocycles. The van der Waals surface area contributed by atoms with Crippen molar-refractivity contribution >= 4 is 5.91 Å². The van der Waals surface area contributed by atoms with E-state index in [0.717, 1.165) is 12.1 Å². The van der Waals surface area contributed by atoms with Crippen LogP contribution in [0.4, 0.5) is 0 Å². The molecule has 1 aromatic heterocycles. The van der Waals surface area contributed by atoms with Gasteiger partial charge < -0.3 is 4.74 Å². The first-order chi connectivity index (χ1) is 8.69. The molecule has 0 atom stereocenters. The molecule has 0 spiro atoms. The quantitative estimate of drug-likeness (QED) is 0.829. The van der Waals surface area contributed by atoms with E-state index in [-0.39, 0.29) is 12.5 Å². The van der Waals surface area contributed by atoms with Gasteiger partial charge in [-0.1, -0.05) is 19.1 Å². The monoisotopic (exact) mass is 244 g/mol. The predicted molar refractivity (Wildman–Crippen MR) is 68.9 cm³/mol. The summed E-state index contributed by atoms with van der Waals surface area (Å²) >= 11 is 0. The molecule has 94 valence electrons. The van der Waals surface area contributed by atoms with Gasteiger partial charge in [-0.2, -0.15) is 5.10 Å². The Morgan fingerprint density at radius 1 is 1.28 bits per heavy atom. The number of ether oxygens (including phenoxy) is 1. The van der Waals surface area contributed by atoms with Crippen LogP contribution in [0, 0.1) is 6.92 Å². The van der Waals surface area contributed by atoms with E-state index in [1.807, 2.05) is 31.2 Å². The van der Waals surface area contributed by atoms with Crippen molar-refractivity contribution in [3.63, 3.8) is 0 Å². The molecule has 0 saturated heterocycles. The normalized spacial score (nSPS) is 10.3. The average molecular weight is 244 g/mol. The molecule has 0 unspecified atom stereocenters. The number of hydrogen-bond acceptors (Lipinski definition) is 3. The number of carbonyl (C=O) groups excluding carboxylic acids is 1. The molecule has 0 aliphatic heterocycles. The number of aromatic nitrogens is 2. The number of rotatable bonds is 4. The Hall–Kier alpha value is -2.10. The van der Waals surface area contributed by atoms with Gasteiger partial charge in [0, 0.05) is 6.20 Å². The van der Waals surface area contributed by atoms with E-state index in [0.29, 0.717) is 5.75 Å². The fourth-order valence-corrected chi connectivity index (χ4v) is 1.59. The number of carbonyl (C=O) groups is 1. The Morgan fingerprint density at radius 2 is 2.00 bits per heavy atom. The zero-order chi connectivity index (χ0) is 13.0. The van der Waals surface area contributed by atoms with Gasteiger partial charge in [-0.15, -0.1) is 0 Å². The van der Waals surface area contributed by atoms with Crippen molar-refractivity contribution in [2.45, 2.75) is 20.3 Å². The average Bonchev–Trinajstić information content (AvgIpc) is 2.83. The van der Waals surface area contributed by atoms with Crippen LogP contribution in [0.5, 0.6) is 5.75 Å². The maximum atomic E-state index is 11.7. The molecule has 4 heteroatoms. The molecule has 0 bridgehead atoms. The maximum absolute atomic E-state index is 11.7. The van der Waals surface area contributed by atoms with Gasteiger partial charge in [0.05, 0.1) is 5.69 Å². The minimum absolute atomic E-state index is 0.00735. The minimum atomic E-state index is -0.178. The molecule has 0 radical (unpaired) electrons. The van der Waals surface area contributed by atoms with Crippen LogP contribution in [0.1, 0.15) is 23.0 Å². The molecule has 0 saturated carbocycles. The van der Waals surface area contributed by atoms with Gasteiger partial charge in [0.2, 0.25) is 0 Å². The Morgan fingerprint density at radius 3 is 2.56 bits per heavy atom. The molecule has 0 N–H and O–H groups in total. The summed E-state index contributed by atoms with van der Waals surface area (Å²) < 4.78 is 6.72. The summed E-state index contributed by atoms with van der Waals surface area (Å²) in [5.41, 5.74) is 2.06. The summed E-state index contributed by atoms with van der Waals surface area (Å²) in [5.74, 6) is 0.520. The molecule has 2 aromatic rings. The lowest BCUT2D eigenvalue weighted by atomic mass is 10.2. The molecule has 0 amide bonds. The number of hydrogen-bond donors (Lipinski definition) is 0. The zero-order valence-electron chi connectivity index (χ0n) is 10.6. The van der Waals surface area contributed by atoms with Gasteiger partial charge in [0.15, 0.2) is 6.61 Å². The summed E-state index contributed by atoms with van der Waals surface area (Å²) in [5, 5.41) is 4.04. The lowest BCUT2D eigenvalue weighted by Gasteiger charge is -2.06. The molecule has 18 heavy (non-hydrogen) atoms. The maximum Gasteiger partial charge on any atom is 0.284 e. The zero-order valence-corrected chi connectivity index (χ0v) is 10.6. The van der Waals surface area contributed by atoms with E-state index >= 15 is 0 Å². The highest BCUT2D eigenvalue weighted by molar-refractivity contribution is 5.79. The molecule has 0 aliphatic rings. The molecule has 0 fully saturated rings. The third-order valence-electron chi connectivity index (χ3n) is 2.67. The van der Waals surface area contributed by atoms with E-state index in [1.165, 1.54) is 10.2 Å². The molecular weight excluding hydrogens is 228 g/mol. The highest BCUT2D eigenvalue weighted by Gasteiger charge is 2.06. The first kappa shape index (κ1) is 12.4. The van der Waals surface area contributed by atoms with E-state index < -0.39 is 0 Å². The third kappa shape index (κ3) is 2.97. The van der Waals surface area contributed by atoms with Crippen LogP contribution in [0.3, 0.4) is 0 Å². The Balaban J connectivity index is 1.92. The fourth-order valence-electron chi connectivity index (χ4n) is 1.59. The van der Waals surface area contributed by atoms with Crippen LogP contribution in [0.15, 0.2) is 36.5 Å². The molecule has 1 aromatic carbocycles. The van der Waals surface area contributed by atoms with Crippen molar-refractivity contribution in [3.8, 4) is 5.75 Å². The van der Waals surface area contributed by atoms with Crippen LogP contribution >= 0.6 is 0 Å². The van der Waals surface area contributed by atoms with Gasteiger partial charge in [0.25, 0.3) is 5.91 Å². The van der Waals surface area contributed by atoms with Gasteiger partial charge >= 0.3 is 0 Å². The van der Waals surface area contributed by atoms with E-state index in [2.05, 4.69) is 12.0 Å². The van der Waals surface area contributed by atoms with Crippen molar-refractivity contribution < 1.29 is 9.53 Å². The Kier molecular flexibility index (Phi) is 3.77. The first-order valence-corrected chi connectivity index (χ1v) is 5.96. The van der Waals surface area contributed by atoms with Crippen molar-refractivity contribution in [3.05, 3.63) is 47.8 Å². The standard InChI is InChI=1S/C14H16N2O2/c1-3-12-4-6-13(7-5-12)18-10-14(17)16-9-8-11(2)15-16/h4-9H,3,10H2,1-2H3. The van der Waals surface area contributed by atoms with E-state index in [9.17, 15) is 4.79 Å². The topological polar surface area (TPSA) is 44.1 Å². The van der Waals surface area contributed by atoms with Gasteiger partial charge in [-0.05, 0) is 37.1 Å². The largest absolute Gasteiger partial charge is 0.484 e. The number of benzene rings is 1. The van der Waals surface area contributed by atoms with Crippen LogP contribution in [0.25, 0.3) is 0 Å². The fraction of sp³-hybridized carbons (Fsp3) is 0.286. The lowest BCUT2D eigenvalue weighted by molar-refractivity contribution is 0.0820. The van der Waals surface area contributed by atoms with E-state index in [4.69, 9.17) is 4.74 Å². The summed E-state index contributed by atoms with van der Waals surface area (Å²) in [4.78, 5) is 11.7. The third-order valence-corrected chi connectivity index (χ3v) is 2.67. The SMILES string of the molecule is CCc1ccc(OCC(=O)n2ccc(C)n2)cc1. The molecule has 2 rings (SSSR count). The molecular formula is C14H16N2O2. The van der Waals surface area contributed by atoms with Crippen molar-refractivity contribution in [2.24, 2.45) is 0 Å². The van der Waals surface area contributed by atoms with Crippen molar-refractivity contribution in [2.75, 3.05) is 6.61 Å². The summed E-state index contributed by atoms with van der Waals surface area (Å²) in [6.07, 6.45) is 2.63. The molecule has 4 nitrogen and oxygen atoms in total. The summed E-state index contributed by atoms with van der Waals surface area (Å²) in [6, 6.07) is 9.53. The number of nitrogens with zero attached hydrogens (tertiary/aromatic N) is 2. The summed E-state index contributed by atoms with van der Waals surface area (Å²) in [6.45, 7) is 3.93. The van der Waals surface area contributed by atoms with E-state index in [1.54, 1.807) is 12.3 Å². The Bertz CT molecular complexity index is 529. The first-order valence-electron chi connectivity index (χ1n) is 5.96. The van der Waals surface area contributed by atoms with Gasteiger partial charge in [-0.25, -0.2) is 4.68 Å². The predicted octanol–water partition coefficient (Wildman–Crippen LogP) is 2.47. The van der Waals surface area contributed by atoms with Crippen LogP contribution < -0.4 is 4.74 Å². The lowest BCUT2D eigenvalue weighted by Crippen LogP contribution is -2.19. The van der Waals surface area contributed by atoms with Crippen molar-refractivity contribution in [1.82, 2.24) is 9.78 Å².